The van der Waals surface area contributed by atoms with Gasteiger partial charge in [0.1, 0.15) is 0 Å². The van der Waals surface area contributed by atoms with Gasteiger partial charge in [-0.3, -0.25) is 4.79 Å². The molecule has 0 spiro atoms. The quantitative estimate of drug-likeness (QED) is 0.890. The van der Waals surface area contributed by atoms with E-state index >= 15 is 0 Å². The lowest BCUT2D eigenvalue weighted by atomic mass is 9.89. The van der Waals surface area contributed by atoms with E-state index in [1.807, 2.05) is 24.0 Å². The van der Waals surface area contributed by atoms with Crippen LogP contribution in [-0.2, 0) is 11.3 Å². The molecule has 0 bridgehead atoms. The van der Waals surface area contributed by atoms with Gasteiger partial charge in [-0.1, -0.05) is 32.4 Å². The predicted molar refractivity (Wildman–Crippen MR) is 97.9 cm³/mol. The van der Waals surface area contributed by atoms with Crippen molar-refractivity contribution in [2.75, 3.05) is 26.3 Å². The molecule has 25 heavy (non-hydrogen) atoms. The minimum atomic E-state index is 0.274. The number of rotatable bonds is 5. The third kappa shape index (κ3) is 4.27. The fourth-order valence-corrected chi connectivity index (χ4v) is 3.80. The molecule has 2 heterocycles. The largest absolute Gasteiger partial charge is 0.490 e. The molecule has 0 radical (unpaired) electrons. The van der Waals surface area contributed by atoms with Gasteiger partial charge in [-0.15, -0.1) is 0 Å². The summed E-state index contributed by atoms with van der Waals surface area (Å²) in [6, 6.07) is 6.56. The number of nitrogens with one attached hydrogen (secondary N) is 1. The SMILES string of the molecule is CCC(=O)N1CC[C@H](NCc2cccc3c2OCCCO3)[C@@H](CC)C1. The van der Waals surface area contributed by atoms with Crippen LogP contribution in [0, 0.1) is 5.92 Å². The highest BCUT2D eigenvalue weighted by atomic mass is 16.5. The van der Waals surface area contributed by atoms with Gasteiger partial charge in [0, 0.05) is 44.1 Å². The summed E-state index contributed by atoms with van der Waals surface area (Å²) < 4.78 is 11.7. The van der Waals surface area contributed by atoms with E-state index in [-0.39, 0.29) is 5.91 Å². The van der Waals surface area contributed by atoms with Gasteiger partial charge in [-0.2, -0.15) is 0 Å². The van der Waals surface area contributed by atoms with E-state index in [0.29, 0.717) is 31.6 Å². The van der Waals surface area contributed by atoms with Crippen LogP contribution in [0.25, 0.3) is 0 Å². The number of carbonyl (C=O) groups excluding carboxylic acids is 1. The summed E-state index contributed by atoms with van der Waals surface area (Å²) in [4.78, 5) is 14.0. The molecule has 0 aromatic heterocycles. The molecule has 1 aromatic carbocycles. The highest BCUT2D eigenvalue weighted by Gasteiger charge is 2.29. The zero-order valence-corrected chi connectivity index (χ0v) is 15.4. The van der Waals surface area contributed by atoms with E-state index < -0.39 is 0 Å². The highest BCUT2D eigenvalue weighted by Crippen LogP contribution is 2.33. The van der Waals surface area contributed by atoms with E-state index in [9.17, 15) is 4.79 Å². The second-order valence-corrected chi connectivity index (χ2v) is 6.93. The average molecular weight is 346 g/mol. The summed E-state index contributed by atoms with van der Waals surface area (Å²) in [6.45, 7) is 8.07. The molecule has 1 amide bonds. The van der Waals surface area contributed by atoms with Gasteiger partial charge in [0.25, 0.3) is 0 Å². The zero-order valence-electron chi connectivity index (χ0n) is 15.4. The summed E-state index contributed by atoms with van der Waals surface area (Å²) >= 11 is 0. The average Bonchev–Trinajstić information content (AvgIpc) is 2.91. The first-order valence-corrected chi connectivity index (χ1v) is 9.61. The third-order valence-corrected chi connectivity index (χ3v) is 5.32. The van der Waals surface area contributed by atoms with Crippen molar-refractivity contribution in [3.8, 4) is 11.5 Å². The Morgan fingerprint density at radius 1 is 1.28 bits per heavy atom. The molecule has 2 atom stereocenters. The molecule has 1 saturated heterocycles. The Kier molecular flexibility index (Phi) is 6.19. The van der Waals surface area contributed by atoms with E-state index in [1.165, 1.54) is 0 Å². The van der Waals surface area contributed by atoms with Crippen molar-refractivity contribution in [1.82, 2.24) is 10.2 Å². The smallest absolute Gasteiger partial charge is 0.222 e. The first-order chi connectivity index (χ1) is 12.2. The van der Waals surface area contributed by atoms with Crippen LogP contribution in [0.3, 0.4) is 0 Å². The van der Waals surface area contributed by atoms with Crippen LogP contribution in [0.2, 0.25) is 0 Å². The minimum Gasteiger partial charge on any atom is -0.490 e. The first kappa shape index (κ1) is 18.1. The van der Waals surface area contributed by atoms with E-state index in [0.717, 1.165) is 56.0 Å². The van der Waals surface area contributed by atoms with Crippen molar-refractivity contribution in [2.24, 2.45) is 5.92 Å². The Bertz CT molecular complexity index is 590. The number of hydrogen-bond acceptors (Lipinski definition) is 4. The molecule has 2 aliphatic rings. The third-order valence-electron chi connectivity index (χ3n) is 5.32. The molecule has 0 saturated carbocycles. The Balaban J connectivity index is 1.63. The molecule has 1 aromatic rings. The molecule has 0 aliphatic carbocycles. The molecule has 1 fully saturated rings. The van der Waals surface area contributed by atoms with Gasteiger partial charge in [0.2, 0.25) is 5.91 Å². The van der Waals surface area contributed by atoms with Crippen LogP contribution in [-0.4, -0.2) is 43.2 Å². The van der Waals surface area contributed by atoms with Crippen molar-refractivity contribution in [3.05, 3.63) is 23.8 Å². The molecule has 2 aliphatic heterocycles. The van der Waals surface area contributed by atoms with Crippen molar-refractivity contribution in [3.63, 3.8) is 0 Å². The fourth-order valence-electron chi connectivity index (χ4n) is 3.80. The molecule has 5 nitrogen and oxygen atoms in total. The second kappa shape index (κ2) is 8.56. The second-order valence-electron chi connectivity index (χ2n) is 6.93. The van der Waals surface area contributed by atoms with Crippen molar-refractivity contribution in [2.45, 2.75) is 52.1 Å². The number of ether oxygens (including phenoxy) is 2. The van der Waals surface area contributed by atoms with Crippen molar-refractivity contribution < 1.29 is 14.3 Å². The lowest BCUT2D eigenvalue weighted by Crippen LogP contribution is -2.50. The van der Waals surface area contributed by atoms with Crippen LogP contribution in [0.5, 0.6) is 11.5 Å². The number of piperidine rings is 1. The summed E-state index contributed by atoms with van der Waals surface area (Å²) in [5.74, 6) is 2.52. The zero-order chi connectivity index (χ0) is 17.6. The number of fused-ring (bicyclic) bond motifs is 1. The Hall–Kier alpha value is -1.75. The lowest BCUT2D eigenvalue weighted by Gasteiger charge is -2.39. The summed E-state index contributed by atoms with van der Waals surface area (Å²) in [5, 5.41) is 3.71. The Labute approximate surface area is 150 Å². The van der Waals surface area contributed by atoms with Crippen LogP contribution >= 0.6 is 0 Å². The van der Waals surface area contributed by atoms with Gasteiger partial charge >= 0.3 is 0 Å². The molecule has 5 heteroatoms. The van der Waals surface area contributed by atoms with Crippen LogP contribution in [0.4, 0.5) is 0 Å². The number of carbonyl (C=O) groups is 1. The summed E-state index contributed by atoms with van der Waals surface area (Å²) in [5.41, 5.74) is 1.15. The Morgan fingerprint density at radius 2 is 2.12 bits per heavy atom. The van der Waals surface area contributed by atoms with E-state index in [1.54, 1.807) is 0 Å². The molecular formula is C20H30N2O3. The number of para-hydroxylation sites is 1. The maximum atomic E-state index is 12.0. The predicted octanol–water partition coefficient (Wildman–Crippen LogP) is 2.97. The van der Waals surface area contributed by atoms with E-state index in [2.05, 4.69) is 18.3 Å². The topological polar surface area (TPSA) is 50.8 Å². The molecule has 0 unspecified atom stereocenters. The van der Waals surface area contributed by atoms with Gasteiger partial charge in [0.05, 0.1) is 13.2 Å². The number of nitrogens with zero attached hydrogens (tertiary/aromatic N) is 1. The first-order valence-electron chi connectivity index (χ1n) is 9.61. The molecule has 3 rings (SSSR count). The maximum absolute atomic E-state index is 12.0. The summed E-state index contributed by atoms with van der Waals surface area (Å²) in [7, 11) is 0. The van der Waals surface area contributed by atoms with Crippen LogP contribution < -0.4 is 14.8 Å². The lowest BCUT2D eigenvalue weighted by molar-refractivity contribution is -0.133. The molecular weight excluding hydrogens is 316 g/mol. The van der Waals surface area contributed by atoms with Gasteiger partial charge < -0.3 is 19.7 Å². The van der Waals surface area contributed by atoms with Crippen molar-refractivity contribution >= 4 is 5.91 Å². The van der Waals surface area contributed by atoms with Gasteiger partial charge in [0.15, 0.2) is 11.5 Å². The number of benzene rings is 1. The Morgan fingerprint density at radius 3 is 2.92 bits per heavy atom. The standard InChI is InChI=1S/C20H30N2O3/c1-3-15-14-22(19(23)4-2)10-9-17(15)21-13-16-7-5-8-18-20(16)25-12-6-11-24-18/h5,7-8,15,17,21H,3-4,6,9-14H2,1-2H3/t15-,17-/m0/s1. The van der Waals surface area contributed by atoms with E-state index in [4.69, 9.17) is 9.47 Å². The summed E-state index contributed by atoms with van der Waals surface area (Å²) in [6.07, 6.45) is 3.61. The van der Waals surface area contributed by atoms with Crippen LogP contribution in [0.15, 0.2) is 18.2 Å². The van der Waals surface area contributed by atoms with Crippen molar-refractivity contribution in [1.29, 1.82) is 0 Å². The van der Waals surface area contributed by atoms with Gasteiger partial charge in [-0.25, -0.2) is 0 Å². The minimum absolute atomic E-state index is 0.274. The van der Waals surface area contributed by atoms with Crippen LogP contribution in [0.1, 0.15) is 45.1 Å². The fraction of sp³-hybridized carbons (Fsp3) is 0.650. The number of amides is 1. The molecule has 1 N–H and O–H groups in total. The maximum Gasteiger partial charge on any atom is 0.222 e. The normalized spacial score (nSPS) is 23.2. The highest BCUT2D eigenvalue weighted by molar-refractivity contribution is 5.75. The van der Waals surface area contributed by atoms with Gasteiger partial charge in [-0.05, 0) is 18.4 Å². The monoisotopic (exact) mass is 346 g/mol. The molecule has 138 valence electrons. The number of likely N-dealkylation sites (tertiary alicyclic amines) is 1. The number of hydrogen-bond donors (Lipinski definition) is 1.